The van der Waals surface area contributed by atoms with Gasteiger partial charge in [0.15, 0.2) is 5.13 Å². The quantitative estimate of drug-likeness (QED) is 0.711. The van der Waals surface area contributed by atoms with Gasteiger partial charge >= 0.3 is 6.03 Å². The molecule has 23 heavy (non-hydrogen) atoms. The summed E-state index contributed by atoms with van der Waals surface area (Å²) in [5.41, 5.74) is 0.894. The number of halogens is 2. The lowest BCUT2D eigenvalue weighted by atomic mass is 10.2. The Morgan fingerprint density at radius 1 is 1.26 bits per heavy atom. The molecule has 8 heteroatoms. The molecule has 2 aromatic carbocycles. The van der Waals surface area contributed by atoms with E-state index in [4.69, 9.17) is 16.9 Å². The third-order valence-corrected chi connectivity index (χ3v) is 4.08. The normalized spacial score (nSPS) is 10.3. The molecule has 0 aliphatic carbocycles. The average molecular weight is 347 g/mol. The Labute approximate surface area is 139 Å². The second-order valence-corrected chi connectivity index (χ2v) is 5.98. The third-order valence-electron chi connectivity index (χ3n) is 2.92. The van der Waals surface area contributed by atoms with Crippen molar-refractivity contribution in [2.45, 2.75) is 0 Å². The van der Waals surface area contributed by atoms with Crippen molar-refractivity contribution in [3.05, 3.63) is 52.8 Å². The van der Waals surface area contributed by atoms with E-state index in [1.165, 1.54) is 23.5 Å². The van der Waals surface area contributed by atoms with Crippen LogP contribution in [0.15, 0.2) is 36.4 Å². The molecular weight excluding hydrogens is 339 g/mol. The van der Waals surface area contributed by atoms with Crippen LogP contribution in [-0.2, 0) is 0 Å². The van der Waals surface area contributed by atoms with Crippen LogP contribution < -0.4 is 10.6 Å². The third kappa shape index (κ3) is 3.39. The summed E-state index contributed by atoms with van der Waals surface area (Å²) in [7, 11) is 0. The van der Waals surface area contributed by atoms with Crippen molar-refractivity contribution in [1.29, 1.82) is 5.26 Å². The highest BCUT2D eigenvalue weighted by molar-refractivity contribution is 7.22. The van der Waals surface area contributed by atoms with Crippen molar-refractivity contribution < 1.29 is 9.18 Å². The zero-order chi connectivity index (χ0) is 16.4. The predicted molar refractivity (Wildman–Crippen MR) is 88.4 cm³/mol. The maximum absolute atomic E-state index is 13.2. The number of urea groups is 1. The van der Waals surface area contributed by atoms with Crippen LogP contribution in [-0.4, -0.2) is 11.0 Å². The number of hydrogen-bond donors (Lipinski definition) is 2. The van der Waals surface area contributed by atoms with E-state index in [1.807, 2.05) is 0 Å². The van der Waals surface area contributed by atoms with Crippen LogP contribution >= 0.6 is 22.9 Å². The molecule has 3 rings (SSSR count). The smallest absolute Gasteiger partial charge is 0.308 e. The second kappa shape index (κ2) is 6.20. The predicted octanol–water partition coefficient (Wildman–Crippen LogP) is 4.60. The highest BCUT2D eigenvalue weighted by Gasteiger charge is 2.10. The number of thiazole rings is 1. The number of benzene rings is 2. The Bertz CT molecular complexity index is 950. The molecule has 0 radical (unpaired) electrons. The summed E-state index contributed by atoms with van der Waals surface area (Å²) >= 11 is 7.19. The van der Waals surface area contributed by atoms with Crippen molar-refractivity contribution in [2.24, 2.45) is 0 Å². The summed E-state index contributed by atoms with van der Waals surface area (Å²) in [5, 5.41) is 14.9. The SMILES string of the molecule is N#Cc1cc(NC(=O)Nc2nc3ccc(Cl)cc3s2)ccc1F. The summed E-state index contributed by atoms with van der Waals surface area (Å²) in [6.45, 7) is 0. The number of fused-ring (bicyclic) bond motifs is 1. The monoisotopic (exact) mass is 346 g/mol. The Morgan fingerprint density at radius 3 is 2.87 bits per heavy atom. The van der Waals surface area contributed by atoms with Gasteiger partial charge in [0.05, 0.1) is 15.8 Å². The van der Waals surface area contributed by atoms with Crippen LogP contribution in [0.5, 0.6) is 0 Å². The molecule has 0 saturated heterocycles. The van der Waals surface area contributed by atoms with Crippen LogP contribution in [0.1, 0.15) is 5.56 Å². The van der Waals surface area contributed by atoms with Crippen LogP contribution in [0.2, 0.25) is 5.02 Å². The number of amides is 2. The molecular formula is C15H8ClFN4OS. The van der Waals surface area contributed by atoms with Crippen molar-refractivity contribution in [3.63, 3.8) is 0 Å². The zero-order valence-electron chi connectivity index (χ0n) is 11.4. The molecule has 0 fully saturated rings. The minimum absolute atomic E-state index is 0.141. The lowest BCUT2D eigenvalue weighted by Crippen LogP contribution is -2.19. The molecule has 0 bridgehead atoms. The van der Waals surface area contributed by atoms with Crippen LogP contribution in [0.3, 0.4) is 0 Å². The summed E-state index contributed by atoms with van der Waals surface area (Å²) in [5.74, 6) is -0.637. The Morgan fingerprint density at radius 2 is 2.09 bits per heavy atom. The van der Waals surface area contributed by atoms with Gasteiger partial charge < -0.3 is 5.32 Å². The van der Waals surface area contributed by atoms with Gasteiger partial charge in [0, 0.05) is 10.7 Å². The molecule has 0 atom stereocenters. The van der Waals surface area contributed by atoms with Gasteiger partial charge in [-0.2, -0.15) is 5.26 Å². The van der Waals surface area contributed by atoms with Gasteiger partial charge in [-0.25, -0.2) is 14.2 Å². The van der Waals surface area contributed by atoms with Crippen molar-refractivity contribution in [1.82, 2.24) is 4.98 Å². The Kier molecular flexibility index (Phi) is 4.10. The van der Waals surface area contributed by atoms with Crippen LogP contribution in [0.25, 0.3) is 10.2 Å². The molecule has 0 aliphatic rings. The number of carbonyl (C=O) groups is 1. The maximum Gasteiger partial charge on any atom is 0.325 e. The number of nitriles is 1. The highest BCUT2D eigenvalue weighted by Crippen LogP contribution is 2.28. The summed E-state index contributed by atoms with van der Waals surface area (Å²) in [4.78, 5) is 16.2. The van der Waals surface area contributed by atoms with E-state index < -0.39 is 11.8 Å². The standard InChI is InChI=1S/C15H8ClFN4OS/c16-9-1-4-12-13(6-9)23-15(20-12)21-14(22)19-10-2-3-11(17)8(5-10)7-18/h1-6H,(H2,19,20,21,22). The molecule has 114 valence electrons. The van der Waals surface area contributed by atoms with E-state index in [0.29, 0.717) is 15.8 Å². The van der Waals surface area contributed by atoms with Crippen molar-refractivity contribution in [2.75, 3.05) is 10.6 Å². The molecule has 0 aliphatic heterocycles. The summed E-state index contributed by atoms with van der Waals surface area (Å²) in [6, 6.07) is 10.2. The first-order valence-electron chi connectivity index (χ1n) is 6.39. The van der Waals surface area contributed by atoms with Gasteiger partial charge in [-0.15, -0.1) is 0 Å². The van der Waals surface area contributed by atoms with E-state index >= 15 is 0 Å². The van der Waals surface area contributed by atoms with Gasteiger partial charge in [0.1, 0.15) is 11.9 Å². The first-order valence-corrected chi connectivity index (χ1v) is 7.58. The van der Waals surface area contributed by atoms with Gasteiger partial charge in [-0.3, -0.25) is 5.32 Å². The maximum atomic E-state index is 13.2. The average Bonchev–Trinajstić information content (AvgIpc) is 2.90. The summed E-state index contributed by atoms with van der Waals surface area (Å²) in [6.07, 6.45) is 0. The lowest BCUT2D eigenvalue weighted by Gasteiger charge is -2.05. The number of nitrogens with one attached hydrogen (secondary N) is 2. The number of nitrogens with zero attached hydrogens (tertiary/aromatic N) is 2. The number of rotatable bonds is 2. The molecule has 0 saturated carbocycles. The first kappa shape index (κ1) is 15.2. The topological polar surface area (TPSA) is 77.8 Å². The number of anilines is 2. The largest absolute Gasteiger partial charge is 0.325 e. The van der Waals surface area contributed by atoms with Crippen molar-refractivity contribution in [3.8, 4) is 6.07 Å². The number of carbonyl (C=O) groups excluding carboxylic acids is 1. The minimum Gasteiger partial charge on any atom is -0.308 e. The summed E-state index contributed by atoms with van der Waals surface area (Å²) < 4.78 is 14.1. The molecule has 2 N–H and O–H groups in total. The fourth-order valence-electron chi connectivity index (χ4n) is 1.90. The van der Waals surface area contributed by atoms with E-state index in [9.17, 15) is 9.18 Å². The van der Waals surface area contributed by atoms with Gasteiger partial charge in [0.2, 0.25) is 0 Å². The van der Waals surface area contributed by atoms with Gasteiger partial charge in [-0.1, -0.05) is 22.9 Å². The highest BCUT2D eigenvalue weighted by atomic mass is 35.5. The molecule has 3 aromatic rings. The zero-order valence-corrected chi connectivity index (χ0v) is 13.0. The van der Waals surface area contributed by atoms with E-state index in [0.717, 1.165) is 16.3 Å². The van der Waals surface area contributed by atoms with E-state index in [2.05, 4.69) is 15.6 Å². The fourth-order valence-corrected chi connectivity index (χ4v) is 3.04. The van der Waals surface area contributed by atoms with Gasteiger partial charge in [0.25, 0.3) is 0 Å². The van der Waals surface area contributed by atoms with E-state index in [-0.39, 0.29) is 5.56 Å². The molecule has 0 unspecified atom stereocenters. The second-order valence-electron chi connectivity index (χ2n) is 4.52. The van der Waals surface area contributed by atoms with E-state index in [1.54, 1.807) is 24.3 Å². The van der Waals surface area contributed by atoms with Crippen LogP contribution in [0.4, 0.5) is 20.0 Å². The van der Waals surface area contributed by atoms with Crippen LogP contribution in [0, 0.1) is 17.1 Å². The molecule has 0 spiro atoms. The van der Waals surface area contributed by atoms with Gasteiger partial charge in [-0.05, 0) is 36.4 Å². The minimum atomic E-state index is -0.637. The molecule has 1 heterocycles. The number of hydrogen-bond acceptors (Lipinski definition) is 4. The fraction of sp³-hybridized carbons (Fsp3) is 0. The first-order chi connectivity index (χ1) is 11.0. The lowest BCUT2D eigenvalue weighted by molar-refractivity contribution is 0.262. The Balaban J connectivity index is 1.74. The molecule has 5 nitrogen and oxygen atoms in total. The number of aromatic nitrogens is 1. The molecule has 1 aromatic heterocycles. The Hall–Kier alpha value is -2.69. The molecule has 2 amide bonds. The van der Waals surface area contributed by atoms with Crippen molar-refractivity contribution >= 4 is 50.0 Å².